The molecule has 0 fully saturated rings. The van der Waals surface area contributed by atoms with Crippen LogP contribution in [-0.2, 0) is 4.79 Å². The largest absolute Gasteiger partial charge is 0.493 e. The van der Waals surface area contributed by atoms with Crippen molar-refractivity contribution in [3.63, 3.8) is 0 Å². The molecule has 0 unspecified atom stereocenters. The van der Waals surface area contributed by atoms with Crippen molar-refractivity contribution in [1.29, 1.82) is 0 Å². The van der Waals surface area contributed by atoms with E-state index in [9.17, 15) is 4.79 Å². The van der Waals surface area contributed by atoms with E-state index in [1.165, 1.54) is 6.08 Å². The molecule has 0 radical (unpaired) electrons. The van der Waals surface area contributed by atoms with E-state index >= 15 is 0 Å². The minimum atomic E-state index is -0.224. The first-order chi connectivity index (χ1) is 15.1. The molecular formula is C26H27NO4. The van der Waals surface area contributed by atoms with Crippen molar-refractivity contribution >= 4 is 17.7 Å². The molecule has 0 aliphatic heterocycles. The smallest absolute Gasteiger partial charge is 0.248 e. The Morgan fingerprint density at radius 3 is 2.48 bits per heavy atom. The van der Waals surface area contributed by atoms with Crippen LogP contribution in [0.15, 0.2) is 72.8 Å². The van der Waals surface area contributed by atoms with Crippen LogP contribution in [0.25, 0.3) is 6.08 Å². The van der Waals surface area contributed by atoms with E-state index in [2.05, 4.69) is 5.32 Å². The summed E-state index contributed by atoms with van der Waals surface area (Å²) >= 11 is 0. The predicted molar refractivity (Wildman–Crippen MR) is 124 cm³/mol. The van der Waals surface area contributed by atoms with E-state index < -0.39 is 0 Å². The van der Waals surface area contributed by atoms with Crippen molar-refractivity contribution in [1.82, 2.24) is 0 Å². The van der Waals surface area contributed by atoms with E-state index in [-0.39, 0.29) is 5.91 Å². The molecule has 0 saturated heterocycles. The number of hydrogen-bond acceptors (Lipinski definition) is 4. The van der Waals surface area contributed by atoms with Gasteiger partial charge in [-0.05, 0) is 79.1 Å². The normalized spacial score (nSPS) is 10.7. The Morgan fingerprint density at radius 1 is 0.968 bits per heavy atom. The molecule has 5 nitrogen and oxygen atoms in total. The van der Waals surface area contributed by atoms with Gasteiger partial charge in [-0.25, -0.2) is 0 Å². The maximum absolute atomic E-state index is 12.3. The lowest BCUT2D eigenvalue weighted by Crippen LogP contribution is -2.07. The Labute approximate surface area is 183 Å². The van der Waals surface area contributed by atoms with E-state index in [4.69, 9.17) is 14.2 Å². The van der Waals surface area contributed by atoms with Gasteiger partial charge in [-0.15, -0.1) is 0 Å². The number of carbonyl (C=O) groups is 1. The lowest BCUT2D eigenvalue weighted by Gasteiger charge is -2.10. The predicted octanol–water partition coefficient (Wildman–Crippen LogP) is 6.24. The number of methoxy groups -OCH3 is 1. The van der Waals surface area contributed by atoms with Crippen molar-refractivity contribution in [3.8, 4) is 23.0 Å². The molecule has 3 aromatic carbocycles. The summed E-state index contributed by atoms with van der Waals surface area (Å²) in [6.07, 6.45) is 4.14. The fraction of sp³-hybridized carbons (Fsp3) is 0.192. The summed E-state index contributed by atoms with van der Waals surface area (Å²) in [7, 11) is 1.60. The number of aryl methyl sites for hydroxylation is 1. The second-order valence-electron chi connectivity index (χ2n) is 7.02. The third-order valence-corrected chi connectivity index (χ3v) is 4.42. The van der Waals surface area contributed by atoms with Gasteiger partial charge in [0.1, 0.15) is 11.5 Å². The molecule has 1 amide bonds. The van der Waals surface area contributed by atoms with E-state index in [0.717, 1.165) is 23.3 Å². The summed E-state index contributed by atoms with van der Waals surface area (Å²) in [5, 5.41) is 2.84. The van der Waals surface area contributed by atoms with Crippen molar-refractivity contribution < 1.29 is 19.0 Å². The monoisotopic (exact) mass is 417 g/mol. The maximum Gasteiger partial charge on any atom is 0.248 e. The number of benzene rings is 3. The Hall–Kier alpha value is -3.73. The van der Waals surface area contributed by atoms with E-state index in [1.807, 2.05) is 68.4 Å². The maximum atomic E-state index is 12.3. The van der Waals surface area contributed by atoms with Gasteiger partial charge in [-0.1, -0.05) is 25.1 Å². The molecule has 0 bridgehead atoms. The van der Waals surface area contributed by atoms with Crippen molar-refractivity contribution in [2.45, 2.75) is 20.3 Å². The van der Waals surface area contributed by atoms with Gasteiger partial charge >= 0.3 is 0 Å². The van der Waals surface area contributed by atoms with Crippen molar-refractivity contribution in [2.75, 3.05) is 19.0 Å². The minimum Gasteiger partial charge on any atom is -0.493 e. The molecule has 0 aliphatic carbocycles. The molecule has 0 spiro atoms. The number of anilines is 1. The second kappa shape index (κ2) is 10.9. The summed E-state index contributed by atoms with van der Waals surface area (Å²) in [6, 6.07) is 20.7. The molecule has 0 heterocycles. The fourth-order valence-corrected chi connectivity index (χ4v) is 2.90. The van der Waals surface area contributed by atoms with Gasteiger partial charge in [-0.2, -0.15) is 0 Å². The van der Waals surface area contributed by atoms with Crippen LogP contribution in [0.4, 0.5) is 5.69 Å². The lowest BCUT2D eigenvalue weighted by atomic mass is 10.2. The first kappa shape index (κ1) is 22.0. The second-order valence-corrected chi connectivity index (χ2v) is 7.02. The van der Waals surface area contributed by atoms with Gasteiger partial charge in [-0.3, -0.25) is 4.79 Å². The molecular weight excluding hydrogens is 390 g/mol. The molecule has 0 atom stereocenters. The minimum absolute atomic E-state index is 0.224. The average molecular weight is 418 g/mol. The van der Waals surface area contributed by atoms with E-state index in [0.29, 0.717) is 29.5 Å². The van der Waals surface area contributed by atoms with Crippen LogP contribution in [0.1, 0.15) is 24.5 Å². The van der Waals surface area contributed by atoms with Crippen LogP contribution in [-0.4, -0.2) is 19.6 Å². The zero-order valence-corrected chi connectivity index (χ0v) is 18.1. The number of hydrogen-bond donors (Lipinski definition) is 1. The van der Waals surface area contributed by atoms with Crippen LogP contribution in [0.2, 0.25) is 0 Å². The van der Waals surface area contributed by atoms with Gasteiger partial charge in [0.25, 0.3) is 0 Å². The standard InChI is InChI=1S/C26H27NO4/c1-4-16-30-24-14-8-20(18-25(24)29-3)9-15-26(28)27-21-10-12-22(13-11-21)31-23-7-5-6-19(2)17-23/h5-15,17-18H,4,16H2,1-3H3,(H,27,28)/b15-9+. The quantitative estimate of drug-likeness (QED) is 0.419. The summed E-state index contributed by atoms with van der Waals surface area (Å²) in [5.41, 5.74) is 2.67. The number of ether oxygens (including phenoxy) is 3. The van der Waals surface area contributed by atoms with Gasteiger partial charge in [0.2, 0.25) is 5.91 Å². The average Bonchev–Trinajstić information content (AvgIpc) is 2.78. The fourth-order valence-electron chi connectivity index (χ4n) is 2.90. The molecule has 1 N–H and O–H groups in total. The third kappa shape index (κ3) is 6.64. The van der Waals surface area contributed by atoms with Crippen LogP contribution in [0.5, 0.6) is 23.0 Å². The highest BCUT2D eigenvalue weighted by Gasteiger charge is 2.05. The van der Waals surface area contributed by atoms with Crippen LogP contribution in [0.3, 0.4) is 0 Å². The Bertz CT molecular complexity index is 1040. The number of nitrogens with one attached hydrogen (secondary N) is 1. The van der Waals surface area contributed by atoms with Crippen molar-refractivity contribution in [2.24, 2.45) is 0 Å². The first-order valence-electron chi connectivity index (χ1n) is 10.2. The Balaban J connectivity index is 1.58. The molecule has 0 saturated carbocycles. The highest BCUT2D eigenvalue weighted by molar-refractivity contribution is 6.02. The molecule has 0 aromatic heterocycles. The zero-order valence-electron chi connectivity index (χ0n) is 18.1. The lowest BCUT2D eigenvalue weighted by molar-refractivity contribution is -0.111. The number of amides is 1. The molecule has 0 aliphatic rings. The third-order valence-electron chi connectivity index (χ3n) is 4.42. The molecule has 31 heavy (non-hydrogen) atoms. The van der Waals surface area contributed by atoms with Gasteiger partial charge < -0.3 is 19.5 Å². The first-order valence-corrected chi connectivity index (χ1v) is 10.2. The highest BCUT2D eigenvalue weighted by atomic mass is 16.5. The van der Waals surface area contributed by atoms with Crippen LogP contribution in [0, 0.1) is 6.92 Å². The van der Waals surface area contributed by atoms with Gasteiger partial charge in [0.15, 0.2) is 11.5 Å². The molecule has 5 heteroatoms. The summed E-state index contributed by atoms with van der Waals surface area (Å²) in [5.74, 6) is 2.59. The van der Waals surface area contributed by atoms with Gasteiger partial charge in [0, 0.05) is 11.8 Å². The van der Waals surface area contributed by atoms with Crippen LogP contribution >= 0.6 is 0 Å². The van der Waals surface area contributed by atoms with Crippen molar-refractivity contribution in [3.05, 3.63) is 83.9 Å². The Morgan fingerprint density at radius 2 is 1.77 bits per heavy atom. The molecule has 3 aromatic rings. The summed E-state index contributed by atoms with van der Waals surface area (Å²) < 4.78 is 16.9. The topological polar surface area (TPSA) is 56.8 Å². The van der Waals surface area contributed by atoms with Gasteiger partial charge in [0.05, 0.1) is 13.7 Å². The highest BCUT2D eigenvalue weighted by Crippen LogP contribution is 2.29. The summed E-state index contributed by atoms with van der Waals surface area (Å²) in [6.45, 7) is 4.69. The number of rotatable bonds is 9. The molecule has 3 rings (SSSR count). The zero-order chi connectivity index (χ0) is 22.1. The van der Waals surface area contributed by atoms with Crippen LogP contribution < -0.4 is 19.5 Å². The van der Waals surface area contributed by atoms with E-state index in [1.54, 1.807) is 25.3 Å². The molecule has 160 valence electrons. The summed E-state index contributed by atoms with van der Waals surface area (Å²) in [4.78, 5) is 12.3. The number of carbonyl (C=O) groups excluding carboxylic acids is 1. The Kier molecular flexibility index (Phi) is 7.71. The SMILES string of the molecule is CCCOc1ccc(/C=C/C(=O)Nc2ccc(Oc3cccc(C)c3)cc2)cc1OC.